The SMILES string of the molecule is CCC(C)CS(=O)(=O)CC(=O)N(C)c1ccc(N)cc1. The van der Waals surface area contributed by atoms with E-state index in [1.165, 1.54) is 4.90 Å². The summed E-state index contributed by atoms with van der Waals surface area (Å²) in [6, 6.07) is 6.72. The van der Waals surface area contributed by atoms with Crippen molar-refractivity contribution in [2.45, 2.75) is 20.3 Å². The van der Waals surface area contributed by atoms with E-state index in [1.807, 2.05) is 13.8 Å². The number of carbonyl (C=O) groups excluding carboxylic acids is 1. The topological polar surface area (TPSA) is 80.5 Å². The van der Waals surface area contributed by atoms with Crippen LogP contribution in [0.5, 0.6) is 0 Å². The molecule has 0 bridgehead atoms. The van der Waals surface area contributed by atoms with Gasteiger partial charge in [-0.25, -0.2) is 8.42 Å². The molecule has 0 radical (unpaired) electrons. The third-order valence-corrected chi connectivity index (χ3v) is 5.00. The zero-order chi connectivity index (χ0) is 15.3. The molecule has 6 heteroatoms. The highest BCUT2D eigenvalue weighted by Crippen LogP contribution is 2.16. The fraction of sp³-hybridized carbons (Fsp3) is 0.500. The summed E-state index contributed by atoms with van der Waals surface area (Å²) in [6.45, 7) is 3.80. The molecule has 0 heterocycles. The molecule has 1 aromatic rings. The number of benzene rings is 1. The van der Waals surface area contributed by atoms with E-state index >= 15 is 0 Å². The van der Waals surface area contributed by atoms with Crippen LogP contribution in [-0.4, -0.2) is 32.9 Å². The minimum atomic E-state index is -3.37. The van der Waals surface area contributed by atoms with Crippen molar-refractivity contribution in [3.8, 4) is 0 Å². The van der Waals surface area contributed by atoms with Crippen LogP contribution in [0.1, 0.15) is 20.3 Å². The molecule has 1 amide bonds. The number of nitrogens with zero attached hydrogens (tertiary/aromatic N) is 1. The summed E-state index contributed by atoms with van der Waals surface area (Å²) in [5.41, 5.74) is 6.80. The highest BCUT2D eigenvalue weighted by molar-refractivity contribution is 7.92. The van der Waals surface area contributed by atoms with Crippen LogP contribution in [-0.2, 0) is 14.6 Å². The van der Waals surface area contributed by atoms with Crippen LogP contribution in [0.4, 0.5) is 11.4 Å². The smallest absolute Gasteiger partial charge is 0.241 e. The van der Waals surface area contributed by atoms with Gasteiger partial charge in [0.1, 0.15) is 5.75 Å². The molecule has 0 saturated heterocycles. The second kappa shape index (κ2) is 6.74. The molecular weight excluding hydrogens is 276 g/mol. The molecular formula is C14H22N2O3S. The molecule has 0 aliphatic heterocycles. The largest absolute Gasteiger partial charge is 0.399 e. The quantitative estimate of drug-likeness (QED) is 0.810. The van der Waals surface area contributed by atoms with Crippen molar-refractivity contribution >= 4 is 27.1 Å². The van der Waals surface area contributed by atoms with Gasteiger partial charge in [0.2, 0.25) is 5.91 Å². The fourth-order valence-corrected chi connectivity index (χ4v) is 3.53. The van der Waals surface area contributed by atoms with Crippen LogP contribution in [0.15, 0.2) is 24.3 Å². The number of nitrogens with two attached hydrogens (primary N) is 1. The van der Waals surface area contributed by atoms with Crippen molar-refractivity contribution < 1.29 is 13.2 Å². The first-order valence-electron chi connectivity index (χ1n) is 6.57. The van der Waals surface area contributed by atoms with Gasteiger partial charge in [-0.1, -0.05) is 20.3 Å². The Morgan fingerprint density at radius 3 is 2.35 bits per heavy atom. The lowest BCUT2D eigenvalue weighted by Gasteiger charge is -2.18. The summed E-state index contributed by atoms with van der Waals surface area (Å²) in [5, 5.41) is 0. The van der Waals surface area contributed by atoms with Crippen LogP contribution < -0.4 is 10.6 Å². The standard InChI is InChI=1S/C14H22N2O3S/c1-4-11(2)9-20(18,19)10-14(17)16(3)13-7-5-12(15)6-8-13/h5-8,11H,4,9-10,15H2,1-3H3. The van der Waals surface area contributed by atoms with Crippen LogP contribution in [0.25, 0.3) is 0 Å². The molecule has 1 rings (SSSR count). The van der Waals surface area contributed by atoms with Crippen molar-refractivity contribution in [1.29, 1.82) is 0 Å². The molecule has 1 unspecified atom stereocenters. The molecule has 0 aliphatic carbocycles. The minimum Gasteiger partial charge on any atom is -0.399 e. The van der Waals surface area contributed by atoms with Crippen molar-refractivity contribution in [3.63, 3.8) is 0 Å². The third-order valence-electron chi connectivity index (χ3n) is 3.23. The monoisotopic (exact) mass is 298 g/mol. The van der Waals surface area contributed by atoms with Crippen molar-refractivity contribution in [2.24, 2.45) is 5.92 Å². The average molecular weight is 298 g/mol. The lowest BCUT2D eigenvalue weighted by atomic mass is 10.2. The second-order valence-electron chi connectivity index (χ2n) is 5.11. The van der Waals surface area contributed by atoms with Gasteiger partial charge in [-0.05, 0) is 30.2 Å². The van der Waals surface area contributed by atoms with E-state index in [9.17, 15) is 13.2 Å². The van der Waals surface area contributed by atoms with Gasteiger partial charge in [-0.15, -0.1) is 0 Å². The van der Waals surface area contributed by atoms with Gasteiger partial charge in [0, 0.05) is 18.4 Å². The minimum absolute atomic E-state index is 0.0464. The maximum Gasteiger partial charge on any atom is 0.241 e. The summed E-state index contributed by atoms with van der Waals surface area (Å²) in [5.74, 6) is -0.782. The lowest BCUT2D eigenvalue weighted by Crippen LogP contribution is -2.34. The Balaban J connectivity index is 2.73. The van der Waals surface area contributed by atoms with Crippen molar-refractivity contribution in [1.82, 2.24) is 0 Å². The predicted molar refractivity (Wildman–Crippen MR) is 82.4 cm³/mol. The molecule has 0 saturated carbocycles. The molecule has 112 valence electrons. The Hall–Kier alpha value is -1.56. The molecule has 1 aromatic carbocycles. The zero-order valence-corrected chi connectivity index (χ0v) is 13.0. The van der Waals surface area contributed by atoms with Crippen molar-refractivity contribution in [2.75, 3.05) is 29.2 Å². The van der Waals surface area contributed by atoms with Crippen LogP contribution in [0.2, 0.25) is 0 Å². The second-order valence-corrected chi connectivity index (χ2v) is 7.22. The van der Waals surface area contributed by atoms with E-state index in [0.29, 0.717) is 11.4 Å². The molecule has 1 atom stereocenters. The van der Waals surface area contributed by atoms with Gasteiger partial charge in [0.25, 0.3) is 0 Å². The van der Waals surface area contributed by atoms with Gasteiger partial charge in [0.05, 0.1) is 5.75 Å². The number of anilines is 2. The summed E-state index contributed by atoms with van der Waals surface area (Å²) < 4.78 is 23.9. The van der Waals surface area contributed by atoms with Gasteiger partial charge in [-0.3, -0.25) is 4.79 Å². The highest BCUT2D eigenvalue weighted by atomic mass is 32.2. The number of nitrogen functional groups attached to an aromatic ring is 1. The molecule has 2 N–H and O–H groups in total. The Kier molecular flexibility index (Phi) is 5.56. The number of amides is 1. The van der Waals surface area contributed by atoms with Crippen LogP contribution in [0, 0.1) is 5.92 Å². The normalized spacial score (nSPS) is 12.9. The molecule has 0 spiro atoms. The number of carbonyl (C=O) groups is 1. The molecule has 0 fully saturated rings. The van der Waals surface area contributed by atoms with E-state index in [1.54, 1.807) is 31.3 Å². The molecule has 5 nitrogen and oxygen atoms in total. The number of sulfone groups is 1. The van der Waals surface area contributed by atoms with Gasteiger partial charge < -0.3 is 10.6 Å². The van der Waals surface area contributed by atoms with Gasteiger partial charge >= 0.3 is 0 Å². The maximum absolute atomic E-state index is 12.0. The third kappa shape index (κ3) is 4.85. The number of hydrogen-bond donors (Lipinski definition) is 1. The van der Waals surface area contributed by atoms with Crippen molar-refractivity contribution in [3.05, 3.63) is 24.3 Å². The van der Waals surface area contributed by atoms with Gasteiger partial charge in [-0.2, -0.15) is 0 Å². The number of rotatable bonds is 6. The Labute approximate surface area is 120 Å². The number of hydrogen-bond acceptors (Lipinski definition) is 4. The Morgan fingerprint density at radius 1 is 1.30 bits per heavy atom. The highest BCUT2D eigenvalue weighted by Gasteiger charge is 2.22. The Morgan fingerprint density at radius 2 is 1.85 bits per heavy atom. The molecule has 20 heavy (non-hydrogen) atoms. The maximum atomic E-state index is 12.0. The summed E-state index contributed by atoms with van der Waals surface area (Å²) >= 11 is 0. The first-order valence-corrected chi connectivity index (χ1v) is 8.40. The first kappa shape index (κ1) is 16.5. The average Bonchev–Trinajstić information content (AvgIpc) is 2.37. The lowest BCUT2D eigenvalue weighted by molar-refractivity contribution is -0.115. The van der Waals surface area contributed by atoms with E-state index in [2.05, 4.69) is 0 Å². The first-order chi connectivity index (χ1) is 9.25. The fourth-order valence-electron chi connectivity index (χ4n) is 1.74. The van der Waals surface area contributed by atoms with Crippen LogP contribution in [0.3, 0.4) is 0 Å². The summed E-state index contributed by atoms with van der Waals surface area (Å²) in [6.07, 6.45) is 0.779. The zero-order valence-electron chi connectivity index (χ0n) is 12.2. The van der Waals surface area contributed by atoms with Gasteiger partial charge in [0.15, 0.2) is 9.84 Å². The predicted octanol–water partition coefficient (Wildman–Crippen LogP) is 1.69. The van der Waals surface area contributed by atoms with Crippen LogP contribution >= 0.6 is 0 Å². The van der Waals surface area contributed by atoms with E-state index in [-0.39, 0.29) is 11.7 Å². The Bertz CT molecular complexity index is 552. The molecule has 0 aliphatic rings. The summed E-state index contributed by atoms with van der Waals surface area (Å²) in [4.78, 5) is 13.4. The van der Waals surface area contributed by atoms with E-state index in [0.717, 1.165) is 6.42 Å². The van der Waals surface area contributed by atoms with E-state index in [4.69, 9.17) is 5.73 Å². The summed E-state index contributed by atoms with van der Waals surface area (Å²) in [7, 11) is -1.81. The van der Waals surface area contributed by atoms with E-state index < -0.39 is 21.5 Å². The molecule has 0 aromatic heterocycles.